The van der Waals surface area contributed by atoms with Gasteiger partial charge in [0.1, 0.15) is 5.75 Å². The van der Waals surface area contributed by atoms with Crippen LogP contribution in [-0.2, 0) is 4.74 Å². The van der Waals surface area contributed by atoms with Gasteiger partial charge >= 0.3 is 0 Å². The largest absolute Gasteiger partial charge is 0.493 e. The zero-order valence-corrected chi connectivity index (χ0v) is 17.6. The van der Waals surface area contributed by atoms with Gasteiger partial charge in [0, 0.05) is 39.4 Å². The molecule has 6 heteroatoms. The van der Waals surface area contributed by atoms with Gasteiger partial charge in [-0.05, 0) is 36.8 Å². The van der Waals surface area contributed by atoms with Crippen molar-refractivity contribution in [2.45, 2.75) is 13.0 Å². The fraction of sp³-hybridized carbons (Fsp3) is 0.435. The molecule has 0 spiro atoms. The maximum atomic E-state index is 12.9. The summed E-state index contributed by atoms with van der Waals surface area (Å²) in [6.07, 6.45) is 0. The van der Waals surface area contributed by atoms with E-state index in [0.29, 0.717) is 37.7 Å². The predicted octanol–water partition coefficient (Wildman–Crippen LogP) is 2.95. The Labute approximate surface area is 173 Å². The lowest BCUT2D eigenvalue weighted by atomic mass is 10.0. The first-order valence-corrected chi connectivity index (χ1v) is 10.2. The van der Waals surface area contributed by atoms with Gasteiger partial charge in [0.05, 0.1) is 31.4 Å². The smallest absolute Gasteiger partial charge is 0.255 e. The monoisotopic (exact) mass is 397 g/mol. The molecule has 29 heavy (non-hydrogen) atoms. The topological polar surface area (TPSA) is 54.0 Å². The molecule has 1 N–H and O–H groups in total. The van der Waals surface area contributed by atoms with Crippen LogP contribution >= 0.6 is 0 Å². The maximum absolute atomic E-state index is 12.9. The number of ether oxygens (including phenoxy) is 2. The van der Waals surface area contributed by atoms with Gasteiger partial charge in [-0.25, -0.2) is 0 Å². The predicted molar refractivity (Wildman–Crippen MR) is 116 cm³/mol. The molecule has 2 aromatic rings. The molecule has 1 atom stereocenters. The van der Waals surface area contributed by atoms with Crippen LogP contribution in [0.3, 0.4) is 0 Å². The number of nitrogens with one attached hydrogen (secondary N) is 1. The highest BCUT2D eigenvalue weighted by Crippen LogP contribution is 2.24. The summed E-state index contributed by atoms with van der Waals surface area (Å²) in [6, 6.07) is 16.0. The number of anilines is 1. The first kappa shape index (κ1) is 21.1. The van der Waals surface area contributed by atoms with Gasteiger partial charge in [0.15, 0.2) is 0 Å². The van der Waals surface area contributed by atoms with Crippen LogP contribution in [0.1, 0.15) is 28.9 Å². The van der Waals surface area contributed by atoms with E-state index in [4.69, 9.17) is 9.47 Å². The van der Waals surface area contributed by atoms with Crippen molar-refractivity contribution >= 4 is 11.6 Å². The summed E-state index contributed by atoms with van der Waals surface area (Å²) in [7, 11) is 4.06. The molecule has 2 aromatic carbocycles. The Balaban J connectivity index is 1.75. The summed E-state index contributed by atoms with van der Waals surface area (Å²) >= 11 is 0. The minimum atomic E-state index is -0.114. The lowest BCUT2D eigenvalue weighted by Crippen LogP contribution is -2.43. The number of rotatable bonds is 8. The molecule has 1 aliphatic rings. The van der Waals surface area contributed by atoms with E-state index in [1.54, 1.807) is 6.07 Å². The highest BCUT2D eigenvalue weighted by atomic mass is 16.5. The Bertz CT molecular complexity index is 786. The molecule has 1 amide bonds. The Kier molecular flexibility index (Phi) is 7.49. The Morgan fingerprint density at radius 1 is 1.14 bits per heavy atom. The molecule has 0 radical (unpaired) electrons. The fourth-order valence-electron chi connectivity index (χ4n) is 3.56. The van der Waals surface area contributed by atoms with E-state index < -0.39 is 0 Å². The third-order valence-electron chi connectivity index (χ3n) is 5.17. The van der Waals surface area contributed by atoms with Crippen molar-refractivity contribution in [1.29, 1.82) is 0 Å². The van der Waals surface area contributed by atoms with Crippen molar-refractivity contribution in [2.24, 2.45) is 0 Å². The van der Waals surface area contributed by atoms with Gasteiger partial charge in [-0.2, -0.15) is 0 Å². The van der Waals surface area contributed by atoms with E-state index in [2.05, 4.69) is 39.4 Å². The summed E-state index contributed by atoms with van der Waals surface area (Å²) in [4.78, 5) is 17.3. The number of para-hydroxylation sites is 1. The van der Waals surface area contributed by atoms with E-state index in [1.165, 1.54) is 5.56 Å². The van der Waals surface area contributed by atoms with E-state index in [9.17, 15) is 4.79 Å². The maximum Gasteiger partial charge on any atom is 0.255 e. The van der Waals surface area contributed by atoms with Crippen LogP contribution in [0.4, 0.5) is 5.69 Å². The van der Waals surface area contributed by atoms with Gasteiger partial charge in [0.25, 0.3) is 5.91 Å². The molecule has 3 rings (SSSR count). The Hall–Kier alpha value is -2.57. The van der Waals surface area contributed by atoms with Crippen LogP contribution in [-0.4, -0.2) is 64.4 Å². The Morgan fingerprint density at radius 3 is 2.48 bits per heavy atom. The average molecular weight is 398 g/mol. The molecule has 156 valence electrons. The van der Waals surface area contributed by atoms with Crippen LogP contribution in [0.25, 0.3) is 0 Å². The quantitative estimate of drug-likeness (QED) is 0.742. The molecule has 1 fully saturated rings. The molecule has 1 aliphatic heterocycles. The molecular weight excluding hydrogens is 366 g/mol. The number of hydrogen-bond acceptors (Lipinski definition) is 5. The molecule has 1 heterocycles. The summed E-state index contributed by atoms with van der Waals surface area (Å²) in [5.41, 5.74) is 2.91. The summed E-state index contributed by atoms with van der Waals surface area (Å²) in [6.45, 7) is 6.11. The highest BCUT2D eigenvalue weighted by molar-refractivity contribution is 5.96. The molecule has 0 aromatic heterocycles. The third kappa shape index (κ3) is 5.49. The van der Waals surface area contributed by atoms with Crippen molar-refractivity contribution < 1.29 is 14.3 Å². The van der Waals surface area contributed by atoms with Gasteiger partial charge in [0.2, 0.25) is 0 Å². The second-order valence-corrected chi connectivity index (χ2v) is 7.29. The zero-order chi connectivity index (χ0) is 20.6. The number of benzene rings is 2. The number of morpholine rings is 1. The van der Waals surface area contributed by atoms with Crippen molar-refractivity contribution in [3.8, 4) is 5.75 Å². The third-order valence-corrected chi connectivity index (χ3v) is 5.17. The lowest BCUT2D eigenvalue weighted by molar-refractivity contribution is 0.0162. The minimum absolute atomic E-state index is 0.0957. The number of hydrogen-bond donors (Lipinski definition) is 1. The lowest BCUT2D eigenvalue weighted by Gasteiger charge is -2.35. The van der Waals surface area contributed by atoms with Crippen LogP contribution in [0, 0.1) is 0 Å². The van der Waals surface area contributed by atoms with Crippen molar-refractivity contribution in [3.05, 3.63) is 59.7 Å². The van der Waals surface area contributed by atoms with Crippen molar-refractivity contribution in [2.75, 3.05) is 58.5 Å². The SMILES string of the molecule is CCOc1ccccc1C(=O)NCC(c1ccc(N(C)C)cc1)N1CCOCC1. The van der Waals surface area contributed by atoms with E-state index >= 15 is 0 Å². The van der Waals surface area contributed by atoms with E-state index in [1.807, 2.05) is 39.2 Å². The van der Waals surface area contributed by atoms with Crippen LogP contribution in [0.15, 0.2) is 48.5 Å². The molecule has 0 saturated carbocycles. The standard InChI is InChI=1S/C23H31N3O3/c1-4-29-22-8-6-5-7-20(22)23(27)24-17-21(26-13-15-28-16-14-26)18-9-11-19(12-10-18)25(2)3/h5-12,21H,4,13-17H2,1-3H3,(H,24,27). The highest BCUT2D eigenvalue weighted by Gasteiger charge is 2.24. The fourth-order valence-corrected chi connectivity index (χ4v) is 3.56. The average Bonchev–Trinajstić information content (AvgIpc) is 2.75. The van der Waals surface area contributed by atoms with Crippen LogP contribution in [0.5, 0.6) is 5.75 Å². The number of carbonyl (C=O) groups excluding carboxylic acids is 1. The number of nitrogens with zero attached hydrogens (tertiary/aromatic N) is 2. The van der Waals surface area contributed by atoms with Crippen LogP contribution in [0.2, 0.25) is 0 Å². The Morgan fingerprint density at radius 2 is 1.83 bits per heavy atom. The van der Waals surface area contributed by atoms with Crippen molar-refractivity contribution in [3.63, 3.8) is 0 Å². The molecular formula is C23H31N3O3. The summed E-state index contributed by atoms with van der Waals surface area (Å²) in [5, 5.41) is 3.12. The van der Waals surface area contributed by atoms with E-state index in [0.717, 1.165) is 18.8 Å². The minimum Gasteiger partial charge on any atom is -0.493 e. The molecule has 0 bridgehead atoms. The second kappa shape index (κ2) is 10.3. The van der Waals surface area contributed by atoms with Gasteiger partial charge in [-0.3, -0.25) is 9.69 Å². The molecule has 1 unspecified atom stereocenters. The summed E-state index contributed by atoms with van der Waals surface area (Å²) < 4.78 is 11.1. The normalized spacial score (nSPS) is 15.6. The molecule has 6 nitrogen and oxygen atoms in total. The van der Waals surface area contributed by atoms with Crippen molar-refractivity contribution in [1.82, 2.24) is 10.2 Å². The second-order valence-electron chi connectivity index (χ2n) is 7.29. The summed E-state index contributed by atoms with van der Waals surface area (Å²) in [5.74, 6) is 0.503. The zero-order valence-electron chi connectivity index (χ0n) is 17.6. The first-order chi connectivity index (χ1) is 14.1. The first-order valence-electron chi connectivity index (χ1n) is 10.2. The van der Waals surface area contributed by atoms with Gasteiger partial charge in [-0.15, -0.1) is 0 Å². The number of amides is 1. The van der Waals surface area contributed by atoms with E-state index in [-0.39, 0.29) is 11.9 Å². The number of carbonyl (C=O) groups is 1. The van der Waals surface area contributed by atoms with Crippen LogP contribution < -0.4 is 15.0 Å². The molecule has 1 saturated heterocycles. The molecule has 0 aliphatic carbocycles. The van der Waals surface area contributed by atoms with Gasteiger partial charge in [-0.1, -0.05) is 24.3 Å². The van der Waals surface area contributed by atoms with Gasteiger partial charge < -0.3 is 19.7 Å².